The Morgan fingerprint density at radius 3 is 2.17 bits per heavy atom. The quantitative estimate of drug-likeness (QED) is 0.198. The molecule has 4 atom stereocenters. The number of hydrogen-bond acceptors (Lipinski definition) is 6. The van der Waals surface area contributed by atoms with Crippen molar-refractivity contribution < 1.29 is 28.9 Å². The number of aliphatic hydroxyl groups excluding tert-OH is 1. The van der Waals surface area contributed by atoms with Crippen molar-refractivity contribution in [1.82, 2.24) is 4.90 Å². The molecule has 2 aliphatic heterocycles. The molecule has 0 saturated carbocycles. The van der Waals surface area contributed by atoms with Gasteiger partial charge in [-0.15, -0.1) is 0 Å². The maximum Gasteiger partial charge on any atom is 0.268 e. The van der Waals surface area contributed by atoms with E-state index in [0.717, 1.165) is 28.3 Å². The van der Waals surface area contributed by atoms with Gasteiger partial charge in [-0.2, -0.15) is 0 Å². The lowest BCUT2D eigenvalue weighted by molar-refractivity contribution is -0.149. The van der Waals surface area contributed by atoms with E-state index in [1.54, 1.807) is 24.0 Å². The topological polar surface area (TPSA) is 88.5 Å². The summed E-state index contributed by atoms with van der Waals surface area (Å²) in [5.41, 5.74) is 1.76. The molecule has 4 aromatic rings. The van der Waals surface area contributed by atoms with Crippen LogP contribution in [0.5, 0.6) is 11.5 Å². The number of ether oxygens (including phenoxy) is 3. The molecule has 9 heteroatoms. The average Bonchev–Trinajstić information content (AvgIpc) is 3.54. The minimum Gasteiger partial charge on any atom is -0.497 e. The number of carbonyl (C=O) groups excluding carboxylic acids is 2. The van der Waals surface area contributed by atoms with Crippen molar-refractivity contribution in [3.8, 4) is 11.5 Å². The van der Waals surface area contributed by atoms with Crippen molar-refractivity contribution >= 4 is 36.4 Å². The van der Waals surface area contributed by atoms with Crippen LogP contribution in [0.15, 0.2) is 103 Å². The van der Waals surface area contributed by atoms with Crippen LogP contribution in [-0.4, -0.2) is 63.4 Å². The molecule has 1 spiro atoms. The molecule has 0 unspecified atom stereocenters. The first-order chi connectivity index (χ1) is 23.1. The summed E-state index contributed by atoms with van der Waals surface area (Å²) in [5, 5.41) is 11.1. The monoisotopic (exact) mass is 664 g/mol. The molecule has 2 amide bonds. The Hall–Kier alpha value is -4.44. The lowest BCUT2D eigenvalue weighted by Gasteiger charge is -2.37. The van der Waals surface area contributed by atoms with Gasteiger partial charge < -0.3 is 24.2 Å². The Kier molecular flexibility index (Phi) is 9.47. The number of rotatable bonds is 11. The van der Waals surface area contributed by atoms with Crippen LogP contribution in [-0.2, 0) is 26.5 Å². The van der Waals surface area contributed by atoms with Crippen LogP contribution < -0.4 is 19.6 Å². The van der Waals surface area contributed by atoms with E-state index in [2.05, 4.69) is 32.2 Å². The predicted octanol–water partition coefficient (Wildman–Crippen LogP) is 6.01. The molecular weight excluding hydrogens is 621 g/mol. The first kappa shape index (κ1) is 33.5. The van der Waals surface area contributed by atoms with E-state index in [4.69, 9.17) is 14.2 Å². The van der Waals surface area contributed by atoms with E-state index >= 15 is 4.79 Å². The van der Waals surface area contributed by atoms with Gasteiger partial charge >= 0.3 is 0 Å². The highest BCUT2D eigenvalue weighted by Gasteiger charge is 2.67. The Labute approximate surface area is 283 Å². The molecule has 2 aliphatic rings. The zero-order chi connectivity index (χ0) is 34.1. The summed E-state index contributed by atoms with van der Waals surface area (Å²) in [6, 6.07) is 33.3. The van der Waals surface area contributed by atoms with Crippen molar-refractivity contribution in [1.29, 1.82) is 0 Å². The van der Waals surface area contributed by atoms with Crippen molar-refractivity contribution in [2.24, 2.45) is 5.92 Å². The zero-order valence-electron chi connectivity index (χ0n) is 28.3. The molecule has 1 fully saturated rings. The summed E-state index contributed by atoms with van der Waals surface area (Å²) >= 11 is 0. The third-order valence-electron chi connectivity index (χ3n) is 10.3. The van der Waals surface area contributed by atoms with E-state index in [9.17, 15) is 9.90 Å². The number of hydrogen-bond donors (Lipinski definition) is 1. The number of anilines is 2. The van der Waals surface area contributed by atoms with Gasteiger partial charge in [0.15, 0.2) is 5.60 Å². The lowest BCUT2D eigenvalue weighted by atomic mass is 9.82. The number of amides is 2. The molecule has 6 rings (SSSR count). The minimum atomic E-state index is -2.47. The normalized spacial score (nSPS) is 21.8. The number of nitrogens with zero attached hydrogens (tertiary/aromatic N) is 2. The molecule has 1 N–H and O–H groups in total. The van der Waals surface area contributed by atoms with Gasteiger partial charge in [-0.05, 0) is 53.6 Å². The molecule has 250 valence electrons. The summed E-state index contributed by atoms with van der Waals surface area (Å²) in [4.78, 5) is 32.7. The third kappa shape index (κ3) is 5.80. The molecular formula is C39H44N2O6Si. The van der Waals surface area contributed by atoms with Crippen LogP contribution in [0.1, 0.15) is 24.5 Å². The maximum atomic E-state index is 15.0. The maximum absolute atomic E-state index is 15.0. The van der Waals surface area contributed by atoms with Crippen LogP contribution >= 0.6 is 0 Å². The van der Waals surface area contributed by atoms with Gasteiger partial charge in [0.1, 0.15) is 11.5 Å². The number of carbonyl (C=O) groups is 2. The van der Waals surface area contributed by atoms with E-state index in [0.29, 0.717) is 12.3 Å². The highest BCUT2D eigenvalue weighted by molar-refractivity contribution is 6.91. The minimum absolute atomic E-state index is 0.0775. The van der Waals surface area contributed by atoms with E-state index in [-0.39, 0.29) is 42.8 Å². The summed E-state index contributed by atoms with van der Waals surface area (Å²) in [5.74, 6) is 0.828. The Morgan fingerprint density at radius 2 is 1.54 bits per heavy atom. The molecule has 0 radical (unpaired) electrons. The molecule has 0 aliphatic carbocycles. The molecule has 0 aromatic heterocycles. The molecule has 0 bridgehead atoms. The Morgan fingerprint density at radius 1 is 0.917 bits per heavy atom. The van der Waals surface area contributed by atoms with Crippen LogP contribution in [0.25, 0.3) is 0 Å². The third-order valence-corrected chi connectivity index (χ3v) is 14.6. The van der Waals surface area contributed by atoms with Crippen LogP contribution in [0.4, 0.5) is 11.4 Å². The molecule has 2 heterocycles. The standard InChI is InChI=1S/C39H44N2O6Si/c1-27-37(48(4,5)32-19-16-30(45-2)17-20-32)35(25-36(43)40(22-23-42)26-28-12-8-6-9-13-28)47-39(27)33-24-31(46-3)18-21-34(33)41(38(39)44)29-14-10-7-11-15-29/h6-21,24,27,35,37,42H,22-23,25-26H2,1-5H3/t27-,35+,37-,39+/m1/s1. The van der Waals surface area contributed by atoms with Gasteiger partial charge in [0.05, 0.1) is 47.1 Å². The first-order valence-corrected chi connectivity index (χ1v) is 19.6. The SMILES string of the molecule is COc1ccc([Si](C)(C)[C@H]2[C@H](CC(=O)N(CCO)Cc3ccccc3)O[C@@]3(C(=O)N(c4ccccc4)c4ccc(OC)cc43)[C@@H]2C)cc1. The molecule has 1 saturated heterocycles. The van der Waals surface area contributed by atoms with Gasteiger partial charge in [-0.1, -0.05) is 85.9 Å². The second kappa shape index (κ2) is 13.6. The second-order valence-corrected chi connectivity index (χ2v) is 17.9. The summed E-state index contributed by atoms with van der Waals surface area (Å²) in [7, 11) is 0.796. The number of aliphatic hydroxyl groups is 1. The predicted molar refractivity (Wildman–Crippen MR) is 190 cm³/mol. The van der Waals surface area contributed by atoms with Gasteiger partial charge in [0.25, 0.3) is 5.91 Å². The van der Waals surface area contributed by atoms with Crippen molar-refractivity contribution in [3.63, 3.8) is 0 Å². The highest BCUT2D eigenvalue weighted by Crippen LogP contribution is 2.61. The Bertz CT molecular complexity index is 1750. The van der Waals surface area contributed by atoms with Gasteiger partial charge in [0, 0.05) is 30.3 Å². The summed E-state index contributed by atoms with van der Waals surface area (Å²) in [6.45, 7) is 7.12. The van der Waals surface area contributed by atoms with Crippen LogP contribution in [0.2, 0.25) is 18.6 Å². The summed E-state index contributed by atoms with van der Waals surface area (Å²) < 4.78 is 18.3. The van der Waals surface area contributed by atoms with Gasteiger partial charge in [-0.3, -0.25) is 14.5 Å². The van der Waals surface area contributed by atoms with E-state index < -0.39 is 19.8 Å². The fraction of sp³-hybridized carbons (Fsp3) is 0.333. The zero-order valence-corrected chi connectivity index (χ0v) is 29.3. The van der Waals surface area contributed by atoms with Crippen molar-refractivity contribution in [2.75, 3.05) is 32.3 Å². The van der Waals surface area contributed by atoms with Crippen LogP contribution in [0.3, 0.4) is 0 Å². The molecule has 8 nitrogen and oxygen atoms in total. The second-order valence-electron chi connectivity index (χ2n) is 13.2. The number of methoxy groups -OCH3 is 2. The molecule has 4 aromatic carbocycles. The summed E-state index contributed by atoms with van der Waals surface area (Å²) in [6.07, 6.45) is -0.486. The number of para-hydroxylation sites is 1. The smallest absolute Gasteiger partial charge is 0.268 e. The van der Waals surface area contributed by atoms with Crippen molar-refractivity contribution in [2.45, 2.75) is 50.2 Å². The highest BCUT2D eigenvalue weighted by atomic mass is 28.3. The van der Waals surface area contributed by atoms with Gasteiger partial charge in [-0.25, -0.2) is 0 Å². The van der Waals surface area contributed by atoms with Gasteiger partial charge in [0.2, 0.25) is 5.91 Å². The number of benzene rings is 4. The number of fused-ring (bicyclic) bond motifs is 2. The fourth-order valence-electron chi connectivity index (χ4n) is 7.90. The first-order valence-electron chi connectivity index (χ1n) is 16.5. The van der Waals surface area contributed by atoms with E-state index in [1.807, 2.05) is 91.0 Å². The van der Waals surface area contributed by atoms with Crippen LogP contribution in [0, 0.1) is 5.92 Å². The van der Waals surface area contributed by atoms with E-state index in [1.165, 1.54) is 5.19 Å². The fourth-order valence-corrected chi connectivity index (χ4v) is 11.9. The van der Waals surface area contributed by atoms with Crippen molar-refractivity contribution in [3.05, 3.63) is 114 Å². The largest absolute Gasteiger partial charge is 0.497 e. The average molecular weight is 665 g/mol. The lowest BCUT2D eigenvalue weighted by Crippen LogP contribution is -2.52. The Balaban J connectivity index is 1.46. The molecule has 48 heavy (non-hydrogen) atoms.